The lowest BCUT2D eigenvalue weighted by Crippen LogP contribution is -2.37. The third-order valence-corrected chi connectivity index (χ3v) is 3.16. The summed E-state index contributed by atoms with van der Waals surface area (Å²) in [6.45, 7) is 2.49. The number of hydrogen-bond acceptors (Lipinski definition) is 3. The first-order valence-electron chi connectivity index (χ1n) is 7.16. The summed E-state index contributed by atoms with van der Waals surface area (Å²) in [5.41, 5.74) is 0.754. The van der Waals surface area contributed by atoms with Crippen LogP contribution in [0.2, 0.25) is 0 Å². The number of nitrogens with zero attached hydrogens (tertiary/aromatic N) is 1. The van der Waals surface area contributed by atoms with Gasteiger partial charge in [-0.25, -0.2) is 9.18 Å². The first kappa shape index (κ1) is 16.0. The molecule has 0 bridgehead atoms. The summed E-state index contributed by atoms with van der Waals surface area (Å²) in [6, 6.07) is 7.45. The highest BCUT2D eigenvalue weighted by Gasteiger charge is 2.15. The van der Waals surface area contributed by atoms with Crippen LogP contribution in [0.3, 0.4) is 0 Å². The van der Waals surface area contributed by atoms with E-state index in [-0.39, 0.29) is 18.8 Å². The van der Waals surface area contributed by atoms with Crippen LogP contribution in [-0.4, -0.2) is 35.7 Å². The number of aliphatic hydroxyl groups excluding tert-OH is 1. The van der Waals surface area contributed by atoms with Gasteiger partial charge in [-0.3, -0.25) is 0 Å². The van der Waals surface area contributed by atoms with Crippen LogP contribution >= 0.6 is 0 Å². The first-order valence-corrected chi connectivity index (χ1v) is 7.16. The van der Waals surface area contributed by atoms with Gasteiger partial charge in [0.1, 0.15) is 11.6 Å². The zero-order chi connectivity index (χ0) is 15.9. The van der Waals surface area contributed by atoms with Crippen molar-refractivity contribution in [2.75, 3.05) is 25.0 Å². The van der Waals surface area contributed by atoms with E-state index in [1.807, 2.05) is 6.92 Å². The second-order valence-corrected chi connectivity index (χ2v) is 4.81. The van der Waals surface area contributed by atoms with Gasteiger partial charge in [-0.2, -0.15) is 0 Å². The average Bonchev–Trinajstić information content (AvgIpc) is 3.03. The van der Waals surface area contributed by atoms with E-state index in [1.165, 1.54) is 23.3 Å². The fourth-order valence-corrected chi connectivity index (χ4v) is 2.12. The normalized spacial score (nSPS) is 10.5. The number of carbonyl (C=O) groups excluding carboxylic acids is 1. The highest BCUT2D eigenvalue weighted by molar-refractivity contribution is 5.90. The number of nitrogens with one attached hydrogen (secondary N) is 1. The van der Waals surface area contributed by atoms with Gasteiger partial charge in [0.25, 0.3) is 0 Å². The highest BCUT2D eigenvalue weighted by Crippen LogP contribution is 2.25. The standard InChI is InChI=1S/C16H19FN2O3/c1-2-7-19(8-9-20)16(21)18-14-11-12(5-6-13(14)17)15-4-3-10-22-15/h3-6,10-11,20H,2,7-9H2,1H3,(H,18,21). The van der Waals surface area contributed by atoms with E-state index in [0.717, 1.165) is 6.42 Å². The number of hydrogen-bond donors (Lipinski definition) is 2. The lowest BCUT2D eigenvalue weighted by molar-refractivity contribution is 0.188. The molecule has 2 rings (SSSR count). The molecule has 0 spiro atoms. The minimum atomic E-state index is -0.524. The van der Waals surface area contributed by atoms with E-state index in [1.54, 1.807) is 18.2 Å². The van der Waals surface area contributed by atoms with Gasteiger partial charge < -0.3 is 19.7 Å². The number of benzene rings is 1. The molecule has 0 radical (unpaired) electrons. The second-order valence-electron chi connectivity index (χ2n) is 4.81. The summed E-state index contributed by atoms with van der Waals surface area (Å²) in [5, 5.41) is 11.5. The van der Waals surface area contributed by atoms with E-state index >= 15 is 0 Å². The third kappa shape index (κ3) is 3.85. The monoisotopic (exact) mass is 306 g/mol. The predicted octanol–water partition coefficient (Wildman–Crippen LogP) is 3.32. The quantitative estimate of drug-likeness (QED) is 0.860. The molecular weight excluding hydrogens is 287 g/mol. The Balaban J connectivity index is 2.17. The molecule has 1 heterocycles. The Morgan fingerprint density at radius 2 is 2.18 bits per heavy atom. The van der Waals surface area contributed by atoms with Crippen molar-refractivity contribution >= 4 is 11.7 Å². The summed E-state index contributed by atoms with van der Waals surface area (Å²) in [6.07, 6.45) is 2.28. The molecule has 0 aliphatic heterocycles. The summed E-state index contributed by atoms with van der Waals surface area (Å²) >= 11 is 0. The van der Waals surface area contributed by atoms with Crippen LogP contribution in [0.15, 0.2) is 41.0 Å². The molecule has 1 aromatic heterocycles. The van der Waals surface area contributed by atoms with Gasteiger partial charge in [0, 0.05) is 18.7 Å². The number of amides is 2. The third-order valence-electron chi connectivity index (χ3n) is 3.16. The van der Waals surface area contributed by atoms with E-state index in [2.05, 4.69) is 5.32 Å². The molecule has 118 valence electrons. The van der Waals surface area contributed by atoms with Crippen LogP contribution < -0.4 is 5.32 Å². The first-order chi connectivity index (χ1) is 10.7. The molecule has 0 unspecified atom stereocenters. The van der Waals surface area contributed by atoms with Crippen LogP contribution in [-0.2, 0) is 0 Å². The Morgan fingerprint density at radius 3 is 2.82 bits per heavy atom. The van der Waals surface area contributed by atoms with Crippen molar-refractivity contribution in [2.24, 2.45) is 0 Å². The van der Waals surface area contributed by atoms with Gasteiger partial charge in [0.2, 0.25) is 0 Å². The zero-order valence-electron chi connectivity index (χ0n) is 12.4. The fourth-order valence-electron chi connectivity index (χ4n) is 2.12. The maximum atomic E-state index is 13.9. The summed E-state index contributed by atoms with van der Waals surface area (Å²) < 4.78 is 19.2. The molecule has 0 aliphatic carbocycles. The fraction of sp³-hybridized carbons (Fsp3) is 0.312. The summed E-state index contributed by atoms with van der Waals surface area (Å²) in [4.78, 5) is 13.6. The lowest BCUT2D eigenvalue weighted by atomic mass is 10.1. The average molecular weight is 306 g/mol. The van der Waals surface area contributed by atoms with E-state index < -0.39 is 11.8 Å². The number of halogens is 1. The van der Waals surface area contributed by atoms with E-state index in [4.69, 9.17) is 9.52 Å². The molecule has 22 heavy (non-hydrogen) atoms. The highest BCUT2D eigenvalue weighted by atomic mass is 19.1. The Kier molecular flexibility index (Phi) is 5.55. The molecule has 0 atom stereocenters. The van der Waals surface area contributed by atoms with Crippen molar-refractivity contribution in [2.45, 2.75) is 13.3 Å². The SMILES string of the molecule is CCCN(CCO)C(=O)Nc1cc(-c2ccco2)ccc1F. The van der Waals surface area contributed by atoms with Crippen LogP contribution in [0.25, 0.3) is 11.3 Å². The molecule has 2 N–H and O–H groups in total. The van der Waals surface area contributed by atoms with Crippen LogP contribution in [0.1, 0.15) is 13.3 Å². The Hall–Kier alpha value is -2.34. The van der Waals surface area contributed by atoms with Crippen molar-refractivity contribution in [3.8, 4) is 11.3 Å². The molecule has 6 heteroatoms. The lowest BCUT2D eigenvalue weighted by Gasteiger charge is -2.21. The number of urea groups is 1. The van der Waals surface area contributed by atoms with E-state index in [9.17, 15) is 9.18 Å². The number of aliphatic hydroxyl groups is 1. The number of rotatable bonds is 6. The summed E-state index contributed by atoms with van der Waals surface area (Å²) in [5.74, 6) is 0.0698. The van der Waals surface area contributed by atoms with Gasteiger partial charge in [0.05, 0.1) is 18.6 Å². The van der Waals surface area contributed by atoms with Crippen molar-refractivity contribution in [1.82, 2.24) is 4.90 Å². The largest absolute Gasteiger partial charge is 0.464 e. The molecule has 1 aromatic carbocycles. The van der Waals surface area contributed by atoms with Gasteiger partial charge in [-0.15, -0.1) is 0 Å². The maximum Gasteiger partial charge on any atom is 0.322 e. The second kappa shape index (κ2) is 7.61. The van der Waals surface area contributed by atoms with Crippen molar-refractivity contribution < 1.29 is 18.7 Å². The van der Waals surface area contributed by atoms with Gasteiger partial charge in [0.15, 0.2) is 0 Å². The van der Waals surface area contributed by atoms with Crippen molar-refractivity contribution in [3.05, 3.63) is 42.4 Å². The minimum absolute atomic E-state index is 0.0814. The zero-order valence-corrected chi connectivity index (χ0v) is 12.4. The molecule has 0 aliphatic rings. The molecule has 0 saturated carbocycles. The Labute approximate surface area is 128 Å². The summed E-state index contributed by atoms with van der Waals surface area (Å²) in [7, 11) is 0. The molecule has 5 nitrogen and oxygen atoms in total. The molecule has 2 aromatic rings. The van der Waals surface area contributed by atoms with Crippen molar-refractivity contribution in [1.29, 1.82) is 0 Å². The Bertz CT molecular complexity index is 608. The number of carbonyl (C=O) groups is 1. The van der Waals surface area contributed by atoms with Crippen molar-refractivity contribution in [3.63, 3.8) is 0 Å². The van der Waals surface area contributed by atoms with Gasteiger partial charge >= 0.3 is 6.03 Å². The number of anilines is 1. The Morgan fingerprint density at radius 1 is 1.36 bits per heavy atom. The van der Waals surface area contributed by atoms with Crippen LogP contribution in [0.4, 0.5) is 14.9 Å². The molecule has 0 fully saturated rings. The molecular formula is C16H19FN2O3. The smallest absolute Gasteiger partial charge is 0.322 e. The maximum absolute atomic E-state index is 13.9. The van der Waals surface area contributed by atoms with Crippen LogP contribution in [0, 0.1) is 5.82 Å². The van der Waals surface area contributed by atoms with Crippen LogP contribution in [0.5, 0.6) is 0 Å². The predicted molar refractivity (Wildman–Crippen MR) is 82.1 cm³/mol. The van der Waals surface area contributed by atoms with Gasteiger partial charge in [-0.05, 0) is 36.8 Å². The number of furan rings is 1. The molecule has 0 saturated heterocycles. The van der Waals surface area contributed by atoms with E-state index in [0.29, 0.717) is 17.9 Å². The minimum Gasteiger partial charge on any atom is -0.464 e. The molecule has 2 amide bonds. The van der Waals surface area contributed by atoms with Gasteiger partial charge in [-0.1, -0.05) is 6.92 Å². The topological polar surface area (TPSA) is 65.7 Å².